The molecular weight excluding hydrogens is 339 g/mol. The molecule has 0 radical (unpaired) electrons. The van der Waals surface area contributed by atoms with Gasteiger partial charge in [-0.2, -0.15) is 0 Å². The van der Waals surface area contributed by atoms with Crippen LogP contribution in [0.25, 0.3) is 0 Å². The summed E-state index contributed by atoms with van der Waals surface area (Å²) in [5.41, 5.74) is -2.26. The van der Waals surface area contributed by atoms with Crippen LogP contribution in [0.4, 0.5) is 0 Å². The Bertz CT molecular complexity index is 709. The fourth-order valence-electron chi connectivity index (χ4n) is 2.16. The van der Waals surface area contributed by atoms with E-state index in [-0.39, 0.29) is 4.77 Å². The fraction of sp³-hybridized carbons (Fsp3) is 0.600. The van der Waals surface area contributed by atoms with Gasteiger partial charge in [-0.15, -0.1) is 0 Å². The van der Waals surface area contributed by atoms with Crippen LogP contribution in [-0.4, -0.2) is 54.0 Å². The van der Waals surface area contributed by atoms with Gasteiger partial charge in [0.25, 0.3) is 5.56 Å². The predicted octanol–water partition coefficient (Wildman–Crippen LogP) is -0.976. The third-order valence-electron chi connectivity index (χ3n) is 3.27. The molecule has 1 aliphatic rings. The molecule has 4 atom stereocenters. The second kappa shape index (κ2) is 5.95. The minimum absolute atomic E-state index is 0.0402. The van der Waals surface area contributed by atoms with E-state index in [1.807, 2.05) is 0 Å². The summed E-state index contributed by atoms with van der Waals surface area (Å²) in [5.74, 6) is 0. The summed E-state index contributed by atoms with van der Waals surface area (Å²) in [6, 6.07) is 1.15. The highest BCUT2D eigenvalue weighted by atomic mass is 32.1. The number of aliphatic hydroxyl groups excluding tert-OH is 1. The van der Waals surface area contributed by atoms with Gasteiger partial charge in [-0.05, 0) is 19.1 Å². The highest BCUT2D eigenvalue weighted by molar-refractivity contribution is 7.71. The Hall–Kier alpha value is -0.910. The molecule has 0 aromatic carbocycles. The lowest BCUT2D eigenvalue weighted by Crippen LogP contribution is -2.44. The second-order valence-corrected chi connectivity index (χ2v) is 6.63. The Kier molecular flexibility index (Phi) is 4.71. The van der Waals surface area contributed by atoms with E-state index in [1.165, 1.54) is 17.7 Å². The number of ether oxygens (including phenoxy) is 1. The molecule has 22 heavy (non-hydrogen) atoms. The van der Waals surface area contributed by atoms with Gasteiger partial charge in [-0.3, -0.25) is 18.9 Å². The Morgan fingerprint density at radius 1 is 1.59 bits per heavy atom. The zero-order valence-electron chi connectivity index (χ0n) is 11.3. The number of H-pyrrole nitrogens is 1. The number of nitrogens with zero attached hydrogens (tertiary/aromatic N) is 1. The van der Waals surface area contributed by atoms with Crippen molar-refractivity contribution in [1.82, 2.24) is 9.55 Å². The maximum absolute atomic E-state index is 11.2. The summed E-state index contributed by atoms with van der Waals surface area (Å²) in [7, 11) is -4.74. The van der Waals surface area contributed by atoms with E-state index in [1.54, 1.807) is 0 Å². The summed E-state index contributed by atoms with van der Waals surface area (Å²) < 4.78 is 21.6. The molecule has 5 N–H and O–H groups in total. The molecule has 2 rings (SSSR count). The molecule has 1 aromatic rings. The van der Waals surface area contributed by atoms with Gasteiger partial charge >= 0.3 is 7.82 Å². The number of nitrogens with one attached hydrogen (secondary N) is 1. The van der Waals surface area contributed by atoms with Gasteiger partial charge in [-0.1, -0.05) is 0 Å². The maximum atomic E-state index is 11.2. The molecule has 0 spiro atoms. The molecule has 10 nitrogen and oxygen atoms in total. The van der Waals surface area contributed by atoms with Crippen LogP contribution in [0.5, 0.6) is 0 Å². The molecule has 1 aliphatic heterocycles. The molecule has 0 saturated carbocycles. The number of rotatable bonds is 4. The Balaban J connectivity index is 2.28. The monoisotopic (exact) mass is 354 g/mol. The first-order valence-corrected chi connectivity index (χ1v) is 8.03. The lowest BCUT2D eigenvalue weighted by molar-refractivity contribution is -0.0978. The highest BCUT2D eigenvalue weighted by Gasteiger charge is 2.53. The van der Waals surface area contributed by atoms with Gasteiger partial charge in [-0.25, -0.2) is 4.57 Å². The van der Waals surface area contributed by atoms with Crippen molar-refractivity contribution in [2.45, 2.75) is 31.0 Å². The normalized spacial score (nSPS) is 32.3. The molecule has 1 aromatic heterocycles. The largest absolute Gasteiger partial charge is 0.469 e. The van der Waals surface area contributed by atoms with E-state index in [4.69, 9.17) is 26.7 Å². The van der Waals surface area contributed by atoms with E-state index in [0.29, 0.717) is 0 Å². The van der Waals surface area contributed by atoms with Crippen molar-refractivity contribution in [1.29, 1.82) is 0 Å². The van der Waals surface area contributed by atoms with Crippen LogP contribution in [-0.2, 0) is 13.8 Å². The van der Waals surface area contributed by atoms with E-state index < -0.39 is 44.0 Å². The Morgan fingerprint density at radius 2 is 2.23 bits per heavy atom. The number of aliphatic hydroxyl groups is 2. The van der Waals surface area contributed by atoms with Crippen LogP contribution in [0.15, 0.2) is 17.1 Å². The number of hydrogen-bond donors (Lipinski definition) is 5. The molecule has 1 fully saturated rings. The molecule has 1 saturated heterocycles. The SMILES string of the molecule is CC1(O)C(O)C(COP(=O)(O)O)OC1n1ccc(=O)[nH]c1=S. The first-order valence-electron chi connectivity index (χ1n) is 6.10. The molecular formula is C10H15N2O8PS. The average molecular weight is 354 g/mol. The van der Waals surface area contributed by atoms with Gasteiger partial charge < -0.3 is 24.7 Å². The van der Waals surface area contributed by atoms with E-state index in [0.717, 1.165) is 6.07 Å². The second-order valence-electron chi connectivity index (χ2n) is 5.00. The standard InChI is InChI=1S/C10H15N2O8PS/c1-10(15)7(14)5(4-19-21(16,17)18)20-8(10)12-3-2-6(13)11-9(12)22/h2-3,5,7-8,14-15H,4H2,1H3,(H,11,13,22)(H2,16,17,18). The molecule has 0 bridgehead atoms. The van der Waals surface area contributed by atoms with Gasteiger partial charge in [0.1, 0.15) is 17.8 Å². The minimum Gasteiger partial charge on any atom is -0.387 e. The summed E-state index contributed by atoms with van der Waals surface area (Å²) in [4.78, 5) is 30.9. The van der Waals surface area contributed by atoms with E-state index >= 15 is 0 Å². The first-order chi connectivity index (χ1) is 10.0. The average Bonchev–Trinajstić information content (AvgIpc) is 2.59. The van der Waals surface area contributed by atoms with Crippen molar-refractivity contribution >= 4 is 20.0 Å². The van der Waals surface area contributed by atoms with Crippen LogP contribution < -0.4 is 5.56 Å². The molecule has 12 heteroatoms. The third-order valence-corrected chi connectivity index (χ3v) is 4.06. The quantitative estimate of drug-likeness (QED) is 0.339. The van der Waals surface area contributed by atoms with Crippen molar-refractivity contribution in [3.8, 4) is 0 Å². The molecule has 2 heterocycles. The first kappa shape index (κ1) is 17.4. The number of hydrogen-bond acceptors (Lipinski definition) is 7. The van der Waals surface area contributed by atoms with Crippen molar-refractivity contribution in [3.63, 3.8) is 0 Å². The number of phosphoric acid groups is 1. The van der Waals surface area contributed by atoms with Crippen molar-refractivity contribution in [2.24, 2.45) is 0 Å². The van der Waals surface area contributed by atoms with Crippen LogP contribution >= 0.6 is 20.0 Å². The van der Waals surface area contributed by atoms with E-state index in [2.05, 4.69) is 9.51 Å². The number of phosphoric ester groups is 1. The maximum Gasteiger partial charge on any atom is 0.469 e. The Morgan fingerprint density at radius 3 is 2.77 bits per heavy atom. The zero-order chi connectivity index (χ0) is 16.7. The van der Waals surface area contributed by atoms with Gasteiger partial charge in [0.15, 0.2) is 11.0 Å². The highest BCUT2D eigenvalue weighted by Crippen LogP contribution is 2.41. The van der Waals surface area contributed by atoms with Gasteiger partial charge in [0.05, 0.1) is 6.61 Å². The molecule has 0 amide bonds. The third kappa shape index (κ3) is 3.53. The van der Waals surface area contributed by atoms with Crippen molar-refractivity contribution in [2.75, 3.05) is 6.61 Å². The van der Waals surface area contributed by atoms with E-state index in [9.17, 15) is 19.6 Å². The van der Waals surface area contributed by atoms with Crippen LogP contribution in [0.1, 0.15) is 13.2 Å². The van der Waals surface area contributed by atoms with Crippen molar-refractivity contribution in [3.05, 3.63) is 27.4 Å². The van der Waals surface area contributed by atoms with Crippen LogP contribution in [0, 0.1) is 4.77 Å². The summed E-state index contributed by atoms with van der Waals surface area (Å²) in [6.45, 7) is 0.640. The van der Waals surface area contributed by atoms with Crippen molar-refractivity contribution < 1.29 is 33.8 Å². The number of aromatic amines is 1. The smallest absolute Gasteiger partial charge is 0.387 e. The molecule has 0 aliphatic carbocycles. The van der Waals surface area contributed by atoms with Gasteiger partial charge in [0, 0.05) is 12.3 Å². The Labute approximate surface area is 129 Å². The topological polar surface area (TPSA) is 154 Å². The van der Waals surface area contributed by atoms with Gasteiger partial charge in [0.2, 0.25) is 0 Å². The summed E-state index contributed by atoms with van der Waals surface area (Å²) >= 11 is 4.96. The lowest BCUT2D eigenvalue weighted by Gasteiger charge is -2.27. The summed E-state index contributed by atoms with van der Waals surface area (Å²) in [5, 5.41) is 20.4. The molecule has 124 valence electrons. The van der Waals surface area contributed by atoms with Crippen LogP contribution in [0.2, 0.25) is 0 Å². The zero-order valence-corrected chi connectivity index (χ0v) is 13.0. The minimum atomic E-state index is -4.74. The lowest BCUT2D eigenvalue weighted by atomic mass is 9.96. The number of aromatic nitrogens is 2. The fourth-order valence-corrected chi connectivity index (χ4v) is 2.76. The predicted molar refractivity (Wildman–Crippen MR) is 74.4 cm³/mol. The molecule has 4 unspecified atom stereocenters. The summed E-state index contributed by atoms with van der Waals surface area (Å²) in [6.07, 6.45) is -2.57. The van der Waals surface area contributed by atoms with Crippen LogP contribution in [0.3, 0.4) is 0 Å².